The van der Waals surface area contributed by atoms with E-state index in [2.05, 4.69) is 10.3 Å². The number of H-pyrrole nitrogens is 1. The van der Waals surface area contributed by atoms with Crippen LogP contribution in [0.25, 0.3) is 22.3 Å². The first-order valence-corrected chi connectivity index (χ1v) is 11.5. The van der Waals surface area contributed by atoms with Crippen LogP contribution in [-0.4, -0.2) is 29.2 Å². The number of pyridine rings is 1. The largest absolute Gasteiger partial charge is 0.488 e. The van der Waals surface area contributed by atoms with Gasteiger partial charge in [-0.25, -0.2) is 4.39 Å². The summed E-state index contributed by atoms with van der Waals surface area (Å²) in [4.78, 5) is 26.2. The Morgan fingerprint density at radius 1 is 1.11 bits per heavy atom. The molecule has 198 valence electrons. The predicted octanol–water partition coefficient (Wildman–Crippen LogP) is 5.78. The van der Waals surface area contributed by atoms with Crippen LogP contribution in [0, 0.1) is 11.2 Å². The number of ether oxygens (including phenoxy) is 1. The summed E-state index contributed by atoms with van der Waals surface area (Å²) in [5.41, 5.74) is -2.95. The number of aliphatic hydroxyl groups excluding tert-OH is 1. The molecule has 37 heavy (non-hydrogen) atoms. The Kier molecular flexibility index (Phi) is 8.12. The first-order valence-electron chi connectivity index (χ1n) is 11.5. The van der Waals surface area contributed by atoms with E-state index in [1.165, 1.54) is 36.5 Å². The highest BCUT2D eigenvalue weighted by Gasteiger charge is 2.39. The summed E-state index contributed by atoms with van der Waals surface area (Å²) < 4.78 is 64.2. The van der Waals surface area contributed by atoms with Gasteiger partial charge >= 0.3 is 6.18 Å². The van der Waals surface area contributed by atoms with Crippen LogP contribution in [0.3, 0.4) is 0 Å². The van der Waals surface area contributed by atoms with Crippen molar-refractivity contribution in [3.05, 3.63) is 69.9 Å². The summed E-state index contributed by atoms with van der Waals surface area (Å²) in [7, 11) is 0. The molecule has 3 aromatic rings. The highest BCUT2D eigenvalue weighted by molar-refractivity contribution is 5.96. The minimum Gasteiger partial charge on any atom is -0.488 e. The standard InChI is InChI=1S/C27H28F4N2O4/c1-5-37-22-11-18(13-32-25(22)36)16-6-8-19(20(28)10-16)23-21(33-15(2)35)9-7-17(12-26(3,4)14-34)24(23)27(29,30)31/h6-11,13,34H,5,12,14H2,1-4H3,(H,32,36)(H,33,35). The number of halogens is 4. The van der Waals surface area contributed by atoms with Crippen LogP contribution in [-0.2, 0) is 17.4 Å². The highest BCUT2D eigenvalue weighted by atomic mass is 19.4. The van der Waals surface area contributed by atoms with E-state index in [0.29, 0.717) is 11.1 Å². The maximum absolute atomic E-state index is 15.5. The number of aromatic nitrogens is 1. The number of carbonyl (C=O) groups excluding carboxylic acids is 1. The molecule has 0 fully saturated rings. The number of rotatable bonds is 8. The third-order valence-electron chi connectivity index (χ3n) is 5.72. The third kappa shape index (κ3) is 6.37. The second kappa shape index (κ2) is 10.8. The lowest BCUT2D eigenvalue weighted by molar-refractivity contribution is -0.137. The Morgan fingerprint density at radius 2 is 1.81 bits per heavy atom. The molecule has 0 aliphatic rings. The Hall–Kier alpha value is -3.66. The summed E-state index contributed by atoms with van der Waals surface area (Å²) in [6, 6.07) is 7.63. The van der Waals surface area contributed by atoms with E-state index >= 15 is 4.39 Å². The Bertz CT molecular complexity index is 1360. The summed E-state index contributed by atoms with van der Waals surface area (Å²) >= 11 is 0. The molecule has 0 radical (unpaired) electrons. The number of hydrogen-bond donors (Lipinski definition) is 3. The fourth-order valence-corrected chi connectivity index (χ4v) is 4.05. The molecule has 0 saturated carbocycles. The lowest BCUT2D eigenvalue weighted by atomic mass is 9.82. The maximum atomic E-state index is 15.5. The van der Waals surface area contributed by atoms with Gasteiger partial charge in [0.25, 0.3) is 5.56 Å². The SMILES string of the molecule is CCOc1cc(-c2ccc(-c3c(NC(C)=O)ccc(CC(C)(C)CO)c3C(F)(F)F)c(F)c2)c[nH]c1=O. The zero-order valence-corrected chi connectivity index (χ0v) is 20.8. The molecule has 1 aromatic heterocycles. The fourth-order valence-electron chi connectivity index (χ4n) is 4.05. The van der Waals surface area contributed by atoms with E-state index in [4.69, 9.17) is 4.74 Å². The molecule has 3 rings (SSSR count). The molecule has 0 atom stereocenters. The summed E-state index contributed by atoms with van der Waals surface area (Å²) in [5.74, 6) is -1.56. The van der Waals surface area contributed by atoms with E-state index in [9.17, 15) is 27.9 Å². The molecule has 1 amide bonds. The molecule has 0 unspecified atom stereocenters. The number of aromatic amines is 1. The number of carbonyl (C=O) groups is 1. The van der Waals surface area contributed by atoms with Gasteiger partial charge in [-0.15, -0.1) is 0 Å². The van der Waals surface area contributed by atoms with Crippen molar-refractivity contribution in [1.29, 1.82) is 0 Å². The van der Waals surface area contributed by atoms with Crippen LogP contribution in [0.1, 0.15) is 38.8 Å². The van der Waals surface area contributed by atoms with E-state index in [-0.39, 0.29) is 42.2 Å². The van der Waals surface area contributed by atoms with Crippen molar-refractivity contribution < 1.29 is 32.2 Å². The first-order chi connectivity index (χ1) is 17.3. The molecule has 0 aliphatic carbocycles. The predicted molar refractivity (Wildman–Crippen MR) is 133 cm³/mol. The van der Waals surface area contributed by atoms with E-state index in [1.54, 1.807) is 20.8 Å². The molecule has 2 aromatic carbocycles. The fraction of sp³-hybridized carbons (Fsp3) is 0.333. The van der Waals surface area contributed by atoms with Crippen molar-refractivity contribution in [3.63, 3.8) is 0 Å². The Morgan fingerprint density at radius 3 is 2.38 bits per heavy atom. The zero-order chi connectivity index (χ0) is 27.5. The third-order valence-corrected chi connectivity index (χ3v) is 5.72. The van der Waals surface area contributed by atoms with Gasteiger partial charge in [-0.2, -0.15) is 13.2 Å². The normalized spacial score (nSPS) is 11.9. The smallest absolute Gasteiger partial charge is 0.417 e. The lowest BCUT2D eigenvalue weighted by Crippen LogP contribution is -2.23. The quantitative estimate of drug-likeness (QED) is 0.328. The summed E-state index contributed by atoms with van der Waals surface area (Å²) in [5, 5.41) is 12.0. The van der Waals surface area contributed by atoms with Gasteiger partial charge in [0.1, 0.15) is 5.82 Å². The van der Waals surface area contributed by atoms with Crippen molar-refractivity contribution in [2.45, 2.75) is 40.3 Å². The lowest BCUT2D eigenvalue weighted by Gasteiger charge is -2.27. The van der Waals surface area contributed by atoms with Crippen LogP contribution in [0.2, 0.25) is 0 Å². The average molecular weight is 521 g/mol. The van der Waals surface area contributed by atoms with Gasteiger partial charge in [0.15, 0.2) is 5.75 Å². The van der Waals surface area contributed by atoms with Gasteiger partial charge in [0.05, 0.1) is 12.2 Å². The molecule has 0 aliphatic heterocycles. The minimum absolute atomic E-state index is 0.0241. The van der Waals surface area contributed by atoms with Crippen molar-refractivity contribution in [3.8, 4) is 28.0 Å². The first kappa shape index (κ1) is 27.9. The summed E-state index contributed by atoms with van der Waals surface area (Å²) in [6.07, 6.45) is -3.68. The molecule has 0 bridgehead atoms. The number of benzene rings is 2. The molecule has 10 heteroatoms. The van der Waals surface area contributed by atoms with Crippen molar-refractivity contribution in [2.75, 3.05) is 18.5 Å². The van der Waals surface area contributed by atoms with Crippen molar-refractivity contribution >= 4 is 11.6 Å². The highest BCUT2D eigenvalue weighted by Crippen LogP contribution is 2.46. The zero-order valence-electron chi connectivity index (χ0n) is 20.8. The monoisotopic (exact) mass is 520 g/mol. The van der Waals surface area contributed by atoms with Gasteiger partial charge in [-0.05, 0) is 48.1 Å². The van der Waals surface area contributed by atoms with Crippen LogP contribution >= 0.6 is 0 Å². The van der Waals surface area contributed by atoms with Crippen LogP contribution < -0.4 is 15.6 Å². The molecule has 1 heterocycles. The van der Waals surface area contributed by atoms with E-state index < -0.39 is 40.0 Å². The molecular formula is C27H28F4N2O4. The second-order valence-electron chi connectivity index (χ2n) is 9.41. The number of nitrogens with one attached hydrogen (secondary N) is 2. The molecule has 0 saturated heterocycles. The number of anilines is 1. The second-order valence-corrected chi connectivity index (χ2v) is 9.41. The molecule has 6 nitrogen and oxygen atoms in total. The van der Waals surface area contributed by atoms with Gasteiger partial charge in [0, 0.05) is 42.1 Å². The van der Waals surface area contributed by atoms with E-state index in [0.717, 1.165) is 13.0 Å². The number of amides is 1. The number of hydrogen-bond acceptors (Lipinski definition) is 4. The minimum atomic E-state index is -4.89. The molecule has 0 spiro atoms. The van der Waals surface area contributed by atoms with E-state index in [1.807, 2.05) is 0 Å². The Labute approximate surface area is 211 Å². The van der Waals surface area contributed by atoms with Crippen LogP contribution in [0.15, 0.2) is 47.4 Å². The number of alkyl halides is 3. The van der Waals surface area contributed by atoms with Gasteiger partial charge in [-0.3, -0.25) is 9.59 Å². The van der Waals surface area contributed by atoms with Crippen LogP contribution in [0.5, 0.6) is 5.75 Å². The Balaban J connectivity index is 2.26. The molecule has 3 N–H and O–H groups in total. The number of aliphatic hydroxyl groups is 1. The summed E-state index contributed by atoms with van der Waals surface area (Å²) in [6.45, 7) is 5.94. The van der Waals surface area contributed by atoms with Gasteiger partial charge in [0.2, 0.25) is 5.91 Å². The van der Waals surface area contributed by atoms with Crippen LogP contribution in [0.4, 0.5) is 23.2 Å². The van der Waals surface area contributed by atoms with Crippen molar-refractivity contribution in [1.82, 2.24) is 4.98 Å². The topological polar surface area (TPSA) is 91.4 Å². The maximum Gasteiger partial charge on any atom is 0.417 e. The van der Waals surface area contributed by atoms with Gasteiger partial charge in [-0.1, -0.05) is 32.0 Å². The average Bonchev–Trinajstić information content (AvgIpc) is 2.80. The molecular weight excluding hydrogens is 492 g/mol. The van der Waals surface area contributed by atoms with Gasteiger partial charge < -0.3 is 20.1 Å². The van der Waals surface area contributed by atoms with Crippen molar-refractivity contribution in [2.24, 2.45) is 5.41 Å².